The van der Waals surface area contributed by atoms with Gasteiger partial charge in [0.2, 0.25) is 0 Å². The standard InChI is InChI=1S/C23H21FN4O4S2.ClH/c24-17-3-1-4-19-21(17)25-23(34-19)27(8-2-7-26-9-11-32-12-10-26)22(29)20-14-15-13-16(28(30)31)5-6-18(15)33-20;/h1,3-6,13-14H,2,7-12H2;1H. The molecule has 2 aromatic carbocycles. The molecule has 1 amide bonds. The molecular weight excluding hydrogens is 515 g/mol. The molecule has 1 aliphatic rings. The van der Waals surface area contributed by atoms with E-state index in [-0.39, 0.29) is 29.5 Å². The molecule has 1 fully saturated rings. The normalized spacial score (nSPS) is 14.2. The monoisotopic (exact) mass is 536 g/mol. The molecule has 0 N–H and O–H groups in total. The number of halogens is 2. The average Bonchev–Trinajstić information content (AvgIpc) is 3.47. The molecule has 184 valence electrons. The first-order valence-electron chi connectivity index (χ1n) is 10.8. The summed E-state index contributed by atoms with van der Waals surface area (Å²) in [6, 6.07) is 11.0. The highest BCUT2D eigenvalue weighted by Crippen LogP contribution is 2.34. The number of thiazole rings is 1. The first kappa shape index (κ1) is 25.4. The Morgan fingerprint density at radius 3 is 2.71 bits per heavy atom. The number of nitrogens with zero attached hydrogens (tertiary/aromatic N) is 4. The van der Waals surface area contributed by atoms with Crippen LogP contribution in [0.25, 0.3) is 20.3 Å². The van der Waals surface area contributed by atoms with Gasteiger partial charge < -0.3 is 4.74 Å². The number of non-ortho nitro benzene ring substituents is 1. The van der Waals surface area contributed by atoms with E-state index in [1.165, 1.54) is 40.9 Å². The number of carbonyl (C=O) groups is 1. The Labute approximate surface area is 214 Å². The smallest absolute Gasteiger partial charge is 0.270 e. The van der Waals surface area contributed by atoms with Crippen LogP contribution < -0.4 is 4.90 Å². The number of rotatable bonds is 7. The number of hydrogen-bond donors (Lipinski definition) is 0. The van der Waals surface area contributed by atoms with Gasteiger partial charge in [0.1, 0.15) is 11.3 Å². The van der Waals surface area contributed by atoms with E-state index in [0.29, 0.717) is 39.9 Å². The summed E-state index contributed by atoms with van der Waals surface area (Å²) >= 11 is 2.56. The van der Waals surface area contributed by atoms with Gasteiger partial charge in [-0.1, -0.05) is 17.4 Å². The van der Waals surface area contributed by atoms with Crippen molar-refractivity contribution >= 4 is 72.1 Å². The summed E-state index contributed by atoms with van der Waals surface area (Å²) in [5.74, 6) is -0.666. The van der Waals surface area contributed by atoms with E-state index in [1.54, 1.807) is 29.2 Å². The highest BCUT2D eigenvalue weighted by Gasteiger charge is 2.24. The molecule has 0 bridgehead atoms. The third kappa shape index (κ3) is 5.44. The van der Waals surface area contributed by atoms with Crippen molar-refractivity contribution in [3.05, 3.63) is 63.3 Å². The molecular formula is C23H22ClFN4O4S2. The highest BCUT2D eigenvalue weighted by atomic mass is 35.5. The Hall–Kier alpha value is -2.70. The lowest BCUT2D eigenvalue weighted by Gasteiger charge is -2.27. The minimum Gasteiger partial charge on any atom is -0.379 e. The number of hydrogen-bond acceptors (Lipinski definition) is 8. The van der Waals surface area contributed by atoms with Crippen molar-refractivity contribution in [1.82, 2.24) is 9.88 Å². The predicted molar refractivity (Wildman–Crippen MR) is 139 cm³/mol. The number of para-hydroxylation sites is 1. The second-order valence-corrected chi connectivity index (χ2v) is 10.0. The van der Waals surface area contributed by atoms with E-state index < -0.39 is 10.7 Å². The van der Waals surface area contributed by atoms with Crippen molar-refractivity contribution in [2.45, 2.75) is 6.42 Å². The molecule has 3 heterocycles. The minimum atomic E-state index is -0.452. The van der Waals surface area contributed by atoms with Gasteiger partial charge in [-0.05, 0) is 30.7 Å². The van der Waals surface area contributed by atoms with Crippen LogP contribution in [0.15, 0.2) is 42.5 Å². The van der Waals surface area contributed by atoms with Gasteiger partial charge in [0.05, 0.1) is 27.7 Å². The number of carbonyl (C=O) groups excluding carboxylic acids is 1. The van der Waals surface area contributed by atoms with Crippen LogP contribution in [0, 0.1) is 15.9 Å². The Morgan fingerprint density at radius 1 is 1.17 bits per heavy atom. The zero-order valence-corrected chi connectivity index (χ0v) is 21.0. The second-order valence-electron chi connectivity index (χ2n) is 7.94. The van der Waals surface area contributed by atoms with E-state index >= 15 is 0 Å². The molecule has 2 aromatic heterocycles. The van der Waals surface area contributed by atoms with E-state index in [1.807, 2.05) is 0 Å². The lowest BCUT2D eigenvalue weighted by molar-refractivity contribution is -0.384. The fourth-order valence-corrected chi connectivity index (χ4v) is 5.96. The number of nitro benzene ring substituents is 1. The van der Waals surface area contributed by atoms with E-state index in [2.05, 4.69) is 9.88 Å². The molecule has 8 nitrogen and oxygen atoms in total. The molecule has 0 spiro atoms. The van der Waals surface area contributed by atoms with Gasteiger partial charge in [0, 0.05) is 48.4 Å². The van der Waals surface area contributed by atoms with Gasteiger partial charge in [-0.25, -0.2) is 9.37 Å². The SMILES string of the molecule is Cl.O=C(c1cc2cc([N+](=O)[O-])ccc2s1)N(CCCN1CCOCC1)c1nc2c(F)cccc2s1. The molecule has 35 heavy (non-hydrogen) atoms. The zero-order chi connectivity index (χ0) is 23.7. The molecule has 1 saturated heterocycles. The van der Waals surface area contributed by atoms with E-state index in [4.69, 9.17) is 4.74 Å². The largest absolute Gasteiger partial charge is 0.379 e. The summed E-state index contributed by atoms with van der Waals surface area (Å²) in [7, 11) is 0. The molecule has 0 saturated carbocycles. The van der Waals surface area contributed by atoms with Crippen LogP contribution in [-0.4, -0.2) is 60.1 Å². The average molecular weight is 537 g/mol. The molecule has 0 atom stereocenters. The van der Waals surface area contributed by atoms with Crippen molar-refractivity contribution in [2.24, 2.45) is 0 Å². The number of ether oxygens (including phenoxy) is 1. The third-order valence-electron chi connectivity index (χ3n) is 5.72. The number of benzene rings is 2. The van der Waals surface area contributed by atoms with Crippen LogP contribution in [0.2, 0.25) is 0 Å². The zero-order valence-electron chi connectivity index (χ0n) is 18.5. The molecule has 4 aromatic rings. The van der Waals surface area contributed by atoms with Crippen molar-refractivity contribution < 1.29 is 18.8 Å². The van der Waals surface area contributed by atoms with Gasteiger partial charge in [0.15, 0.2) is 5.13 Å². The quantitative estimate of drug-likeness (QED) is 0.234. The summed E-state index contributed by atoms with van der Waals surface area (Å²) in [6.45, 7) is 4.35. The fraction of sp³-hybridized carbons (Fsp3) is 0.304. The summed E-state index contributed by atoms with van der Waals surface area (Å²) in [6.07, 6.45) is 0.723. The maximum Gasteiger partial charge on any atom is 0.270 e. The number of amides is 1. The van der Waals surface area contributed by atoms with Crippen molar-refractivity contribution in [1.29, 1.82) is 0 Å². The van der Waals surface area contributed by atoms with Crippen LogP contribution in [0.1, 0.15) is 16.1 Å². The maximum atomic E-state index is 14.3. The number of thiophene rings is 1. The Kier molecular flexibility index (Phi) is 7.92. The molecule has 1 aliphatic heterocycles. The third-order valence-corrected chi connectivity index (χ3v) is 7.86. The molecule has 0 radical (unpaired) electrons. The Balaban J connectivity index is 0.00000289. The van der Waals surface area contributed by atoms with Crippen LogP contribution in [-0.2, 0) is 4.74 Å². The summed E-state index contributed by atoms with van der Waals surface area (Å²) in [5.41, 5.74) is 0.230. The number of aromatic nitrogens is 1. The lowest BCUT2D eigenvalue weighted by atomic mass is 10.2. The minimum absolute atomic E-state index is 0. The van der Waals surface area contributed by atoms with Crippen LogP contribution >= 0.6 is 35.1 Å². The Bertz CT molecular complexity index is 1370. The van der Waals surface area contributed by atoms with Crippen molar-refractivity contribution in [2.75, 3.05) is 44.3 Å². The van der Waals surface area contributed by atoms with Crippen molar-refractivity contribution in [3.8, 4) is 0 Å². The van der Waals surface area contributed by atoms with Crippen LogP contribution in [0.5, 0.6) is 0 Å². The molecule has 0 unspecified atom stereocenters. The number of anilines is 1. The van der Waals surface area contributed by atoms with E-state index in [0.717, 1.165) is 30.8 Å². The number of fused-ring (bicyclic) bond motifs is 2. The summed E-state index contributed by atoms with van der Waals surface area (Å²) in [4.78, 5) is 33.1. The van der Waals surface area contributed by atoms with Gasteiger partial charge in [-0.15, -0.1) is 23.7 Å². The highest BCUT2D eigenvalue weighted by molar-refractivity contribution is 7.23. The lowest BCUT2D eigenvalue weighted by Crippen LogP contribution is -2.39. The van der Waals surface area contributed by atoms with Gasteiger partial charge in [0.25, 0.3) is 11.6 Å². The Morgan fingerprint density at radius 2 is 1.97 bits per heavy atom. The van der Waals surface area contributed by atoms with Crippen LogP contribution in [0.4, 0.5) is 15.2 Å². The van der Waals surface area contributed by atoms with Crippen molar-refractivity contribution in [3.63, 3.8) is 0 Å². The van der Waals surface area contributed by atoms with Gasteiger partial charge >= 0.3 is 0 Å². The molecule has 12 heteroatoms. The summed E-state index contributed by atoms with van der Waals surface area (Å²) < 4.78 is 21.2. The number of nitro groups is 1. The molecule has 0 aliphatic carbocycles. The fourth-order valence-electron chi connectivity index (χ4n) is 3.96. The van der Waals surface area contributed by atoms with Gasteiger partial charge in [-0.3, -0.25) is 24.7 Å². The summed E-state index contributed by atoms with van der Waals surface area (Å²) in [5, 5.41) is 12.2. The van der Waals surface area contributed by atoms with Crippen LogP contribution in [0.3, 0.4) is 0 Å². The maximum absolute atomic E-state index is 14.3. The first-order valence-corrected chi connectivity index (χ1v) is 12.5. The predicted octanol–water partition coefficient (Wildman–Crippen LogP) is 5.35. The second kappa shape index (κ2) is 10.9. The topological polar surface area (TPSA) is 88.8 Å². The molecule has 5 rings (SSSR count). The van der Waals surface area contributed by atoms with Gasteiger partial charge in [-0.2, -0.15) is 0 Å². The number of morpholine rings is 1. The first-order chi connectivity index (χ1) is 16.5. The van der Waals surface area contributed by atoms with E-state index in [9.17, 15) is 19.3 Å².